The molecule has 2 heterocycles. The van der Waals surface area contributed by atoms with Gasteiger partial charge in [-0.2, -0.15) is 8.42 Å². The van der Waals surface area contributed by atoms with Gasteiger partial charge in [-0.05, 0) is 30.1 Å². The molecule has 11 heteroatoms. The molecule has 1 aromatic heterocycles. The minimum absolute atomic E-state index is 0.0414. The van der Waals surface area contributed by atoms with Crippen molar-refractivity contribution in [1.29, 1.82) is 0 Å². The maximum absolute atomic E-state index is 12.4. The maximum Gasteiger partial charge on any atom is 0.330 e. The van der Waals surface area contributed by atoms with Crippen molar-refractivity contribution in [2.45, 2.75) is 36.7 Å². The molecule has 1 fully saturated rings. The molecular weight excluding hydrogens is 480 g/mol. The van der Waals surface area contributed by atoms with E-state index >= 15 is 0 Å². The van der Waals surface area contributed by atoms with Crippen LogP contribution in [0.15, 0.2) is 49.9 Å². The number of hydrogen-bond acceptors (Lipinski definition) is 7. The van der Waals surface area contributed by atoms with Crippen LogP contribution in [-0.2, 0) is 23.8 Å². The maximum atomic E-state index is 12.4. The Labute approximate surface area is 181 Å². The number of benzene rings is 1. The van der Waals surface area contributed by atoms with Crippen molar-refractivity contribution in [2.24, 2.45) is 0 Å². The van der Waals surface area contributed by atoms with E-state index in [9.17, 15) is 18.0 Å². The van der Waals surface area contributed by atoms with Crippen LogP contribution >= 0.6 is 15.9 Å². The molecule has 1 N–H and O–H groups in total. The Balaban J connectivity index is 1.77. The SMILES string of the molecule is CO[C@H]1C[C@H](n2cc(C=CBr)c(=O)[nH]c2=O)O[C@@H]1COS(=O)(=O)c1ccc(C)cc1. The van der Waals surface area contributed by atoms with Crippen LogP contribution in [0.4, 0.5) is 0 Å². The van der Waals surface area contributed by atoms with Gasteiger partial charge in [-0.25, -0.2) is 4.79 Å². The number of aromatic amines is 1. The van der Waals surface area contributed by atoms with Crippen LogP contribution in [0.2, 0.25) is 0 Å². The van der Waals surface area contributed by atoms with Gasteiger partial charge in [0.1, 0.15) is 12.3 Å². The van der Waals surface area contributed by atoms with Gasteiger partial charge in [0.15, 0.2) is 0 Å². The molecule has 9 nitrogen and oxygen atoms in total. The van der Waals surface area contributed by atoms with E-state index in [1.165, 1.54) is 41.1 Å². The zero-order chi connectivity index (χ0) is 21.9. The summed E-state index contributed by atoms with van der Waals surface area (Å²) < 4.78 is 42.5. The average molecular weight is 501 g/mol. The van der Waals surface area contributed by atoms with E-state index in [1.807, 2.05) is 6.92 Å². The van der Waals surface area contributed by atoms with Crippen molar-refractivity contribution in [3.05, 3.63) is 67.4 Å². The van der Waals surface area contributed by atoms with Crippen LogP contribution in [-0.4, -0.2) is 43.9 Å². The molecule has 30 heavy (non-hydrogen) atoms. The Morgan fingerprint density at radius 2 is 2.00 bits per heavy atom. The van der Waals surface area contributed by atoms with E-state index in [2.05, 4.69) is 20.9 Å². The van der Waals surface area contributed by atoms with Crippen LogP contribution in [0.1, 0.15) is 23.8 Å². The van der Waals surface area contributed by atoms with Gasteiger partial charge in [-0.1, -0.05) is 33.6 Å². The summed E-state index contributed by atoms with van der Waals surface area (Å²) in [7, 11) is -2.51. The molecule has 0 unspecified atom stereocenters. The quantitative estimate of drug-likeness (QED) is 0.577. The number of ether oxygens (including phenoxy) is 2. The van der Waals surface area contributed by atoms with Crippen molar-refractivity contribution in [1.82, 2.24) is 9.55 Å². The molecule has 0 radical (unpaired) electrons. The third-order valence-corrected chi connectivity index (χ3v) is 6.29. The molecular formula is C19H21BrN2O7S. The Kier molecular flexibility index (Phi) is 7.09. The standard InChI is InChI=1S/C19H21BrN2O7S/c1-12-3-5-14(6-4-12)30(25,26)28-11-16-15(27-2)9-17(29-16)22-10-13(7-8-20)18(23)21-19(22)24/h3-8,10,15-17H,9,11H2,1-2H3,(H,21,23,24)/t15-,16+,17+/m0/s1. The number of nitrogens with zero attached hydrogens (tertiary/aromatic N) is 1. The topological polar surface area (TPSA) is 117 Å². The number of aromatic nitrogens is 2. The summed E-state index contributed by atoms with van der Waals surface area (Å²) in [6, 6.07) is 6.29. The van der Waals surface area contributed by atoms with Crippen molar-refractivity contribution < 1.29 is 22.1 Å². The summed E-state index contributed by atoms with van der Waals surface area (Å²) in [6.45, 7) is 1.57. The molecule has 0 amide bonds. The Morgan fingerprint density at radius 1 is 1.30 bits per heavy atom. The summed E-state index contributed by atoms with van der Waals surface area (Å²) in [4.78, 5) is 27.9. The second-order valence-electron chi connectivity index (χ2n) is 6.73. The van der Waals surface area contributed by atoms with E-state index in [4.69, 9.17) is 13.7 Å². The Bertz CT molecular complexity index is 1140. The molecule has 1 aliphatic rings. The highest BCUT2D eigenvalue weighted by Crippen LogP contribution is 2.30. The molecule has 162 valence electrons. The summed E-state index contributed by atoms with van der Waals surface area (Å²) in [5.74, 6) is 0. The summed E-state index contributed by atoms with van der Waals surface area (Å²) in [6.07, 6.45) is 1.16. The first kappa shape index (κ1) is 22.6. The number of nitrogens with one attached hydrogen (secondary N) is 1. The molecule has 0 bridgehead atoms. The number of halogens is 1. The lowest BCUT2D eigenvalue weighted by molar-refractivity contribution is -0.0477. The molecule has 1 aliphatic heterocycles. The second kappa shape index (κ2) is 9.40. The number of methoxy groups -OCH3 is 1. The van der Waals surface area contributed by atoms with E-state index in [0.717, 1.165) is 5.56 Å². The fraction of sp³-hybridized carbons (Fsp3) is 0.368. The Morgan fingerprint density at radius 3 is 2.63 bits per heavy atom. The Hall–Kier alpha value is -2.05. The monoisotopic (exact) mass is 500 g/mol. The first-order chi connectivity index (χ1) is 14.2. The fourth-order valence-corrected chi connectivity index (χ4v) is 4.30. The largest absolute Gasteiger partial charge is 0.378 e. The lowest BCUT2D eigenvalue weighted by Crippen LogP contribution is -2.33. The van der Waals surface area contributed by atoms with Crippen molar-refractivity contribution in [3.63, 3.8) is 0 Å². The van der Waals surface area contributed by atoms with Crippen LogP contribution in [0.3, 0.4) is 0 Å². The molecule has 3 atom stereocenters. The zero-order valence-electron chi connectivity index (χ0n) is 16.3. The third kappa shape index (κ3) is 4.98. The number of aryl methyl sites for hydroxylation is 1. The lowest BCUT2D eigenvalue weighted by atomic mass is 10.2. The second-order valence-corrected chi connectivity index (χ2v) is 8.88. The fourth-order valence-electron chi connectivity index (χ4n) is 3.10. The van der Waals surface area contributed by atoms with Gasteiger partial charge in [-0.15, -0.1) is 0 Å². The van der Waals surface area contributed by atoms with E-state index < -0.39 is 39.8 Å². The highest BCUT2D eigenvalue weighted by atomic mass is 79.9. The molecule has 0 aliphatic carbocycles. The molecule has 0 spiro atoms. The van der Waals surface area contributed by atoms with Crippen molar-refractivity contribution >= 4 is 32.1 Å². The number of H-pyrrole nitrogens is 1. The summed E-state index contributed by atoms with van der Waals surface area (Å²) in [5, 5.41) is 0. The number of hydrogen-bond donors (Lipinski definition) is 1. The van der Waals surface area contributed by atoms with E-state index in [0.29, 0.717) is 0 Å². The van der Waals surface area contributed by atoms with Gasteiger partial charge in [-0.3, -0.25) is 18.5 Å². The summed E-state index contributed by atoms with van der Waals surface area (Å²) >= 11 is 3.09. The first-order valence-corrected chi connectivity index (χ1v) is 11.3. The van der Waals surface area contributed by atoms with Gasteiger partial charge in [0.2, 0.25) is 0 Å². The minimum atomic E-state index is -3.97. The highest BCUT2D eigenvalue weighted by molar-refractivity contribution is 9.11. The van der Waals surface area contributed by atoms with E-state index in [-0.39, 0.29) is 23.5 Å². The van der Waals surface area contributed by atoms with Crippen molar-refractivity contribution in [3.8, 4) is 0 Å². The summed E-state index contributed by atoms with van der Waals surface area (Å²) in [5.41, 5.74) is 0.0132. The predicted octanol–water partition coefficient (Wildman–Crippen LogP) is 1.92. The first-order valence-electron chi connectivity index (χ1n) is 9.01. The average Bonchev–Trinajstić information content (AvgIpc) is 3.12. The predicted molar refractivity (Wildman–Crippen MR) is 113 cm³/mol. The van der Waals surface area contributed by atoms with Crippen LogP contribution in [0.25, 0.3) is 6.08 Å². The minimum Gasteiger partial charge on any atom is -0.378 e. The van der Waals surface area contributed by atoms with Gasteiger partial charge >= 0.3 is 5.69 Å². The molecule has 2 aromatic rings. The van der Waals surface area contributed by atoms with Gasteiger partial charge in [0.05, 0.1) is 23.2 Å². The van der Waals surface area contributed by atoms with Gasteiger partial charge < -0.3 is 9.47 Å². The van der Waals surface area contributed by atoms with Gasteiger partial charge in [0, 0.05) is 19.7 Å². The third-order valence-electron chi connectivity index (χ3n) is 4.73. The molecule has 1 saturated heterocycles. The highest BCUT2D eigenvalue weighted by Gasteiger charge is 2.38. The molecule has 0 saturated carbocycles. The van der Waals surface area contributed by atoms with Gasteiger partial charge in [0.25, 0.3) is 15.7 Å². The normalized spacial score (nSPS) is 22.0. The van der Waals surface area contributed by atoms with Crippen LogP contribution in [0, 0.1) is 6.92 Å². The van der Waals surface area contributed by atoms with Crippen molar-refractivity contribution in [2.75, 3.05) is 13.7 Å². The lowest BCUT2D eigenvalue weighted by Gasteiger charge is -2.17. The zero-order valence-corrected chi connectivity index (χ0v) is 18.7. The van der Waals surface area contributed by atoms with Crippen LogP contribution in [0.5, 0.6) is 0 Å². The number of rotatable bonds is 7. The van der Waals surface area contributed by atoms with Crippen LogP contribution < -0.4 is 11.2 Å². The molecule has 3 rings (SSSR count). The van der Waals surface area contributed by atoms with E-state index in [1.54, 1.807) is 12.1 Å². The molecule has 1 aromatic carbocycles. The smallest absolute Gasteiger partial charge is 0.330 e.